The summed E-state index contributed by atoms with van der Waals surface area (Å²) in [7, 11) is 1.96. The summed E-state index contributed by atoms with van der Waals surface area (Å²) in [6.07, 6.45) is 5.96. The first-order valence-electron chi connectivity index (χ1n) is 7.19. The summed E-state index contributed by atoms with van der Waals surface area (Å²) >= 11 is 1.24. The monoisotopic (exact) mass is 297 g/mol. The average Bonchev–Trinajstić information content (AvgIpc) is 2.94. The van der Waals surface area contributed by atoms with Crippen LogP contribution in [-0.4, -0.2) is 31.6 Å². The molecule has 1 aliphatic rings. The van der Waals surface area contributed by atoms with Gasteiger partial charge in [0.25, 0.3) is 0 Å². The number of thioether (sulfide) groups is 1. The highest BCUT2D eigenvalue weighted by molar-refractivity contribution is 7.99. The molecule has 0 aliphatic heterocycles. The number of rotatable bonds is 6. The first-order valence-corrected chi connectivity index (χ1v) is 8.17. The van der Waals surface area contributed by atoms with E-state index in [4.69, 9.17) is 5.11 Å². The second kappa shape index (κ2) is 6.16. The van der Waals surface area contributed by atoms with Gasteiger partial charge in [-0.3, -0.25) is 4.79 Å². The van der Waals surface area contributed by atoms with Crippen LogP contribution in [0.5, 0.6) is 0 Å². The van der Waals surface area contributed by atoms with Crippen LogP contribution >= 0.6 is 11.8 Å². The van der Waals surface area contributed by atoms with Crippen LogP contribution in [0.3, 0.4) is 0 Å². The van der Waals surface area contributed by atoms with Crippen molar-refractivity contribution in [3.63, 3.8) is 0 Å². The molecule has 0 spiro atoms. The maximum atomic E-state index is 10.7. The fourth-order valence-electron chi connectivity index (χ4n) is 3.38. The zero-order valence-corrected chi connectivity index (χ0v) is 13.2. The van der Waals surface area contributed by atoms with Crippen LogP contribution in [0.15, 0.2) is 5.16 Å². The third kappa shape index (κ3) is 3.16. The van der Waals surface area contributed by atoms with Crippen LogP contribution in [0.1, 0.15) is 51.8 Å². The topological polar surface area (TPSA) is 68.0 Å². The van der Waals surface area contributed by atoms with E-state index in [1.54, 1.807) is 0 Å². The molecule has 0 atom stereocenters. The zero-order chi connectivity index (χ0) is 14.8. The summed E-state index contributed by atoms with van der Waals surface area (Å²) in [5, 5.41) is 18.1. The lowest BCUT2D eigenvalue weighted by atomic mass is 9.78. The third-order valence-electron chi connectivity index (χ3n) is 3.99. The number of carboxylic acid groups (broad SMARTS) is 1. The van der Waals surface area contributed by atoms with E-state index in [1.807, 2.05) is 11.6 Å². The molecule has 112 valence electrons. The molecule has 2 rings (SSSR count). The van der Waals surface area contributed by atoms with Crippen molar-refractivity contribution in [2.75, 3.05) is 5.75 Å². The molecule has 20 heavy (non-hydrogen) atoms. The summed E-state index contributed by atoms with van der Waals surface area (Å²) in [5.41, 5.74) is 0.137. The second-order valence-corrected chi connectivity index (χ2v) is 7.08. The van der Waals surface area contributed by atoms with Crippen molar-refractivity contribution in [2.24, 2.45) is 13.0 Å². The van der Waals surface area contributed by atoms with E-state index in [1.165, 1.54) is 37.4 Å². The van der Waals surface area contributed by atoms with E-state index in [0.29, 0.717) is 11.1 Å². The molecule has 0 amide bonds. The van der Waals surface area contributed by atoms with Gasteiger partial charge in [-0.15, -0.1) is 10.2 Å². The normalized spacial score (nSPS) is 17.8. The number of carboxylic acids is 1. The Labute approximate surface area is 124 Å². The molecule has 1 fully saturated rings. The third-order valence-corrected chi connectivity index (χ3v) is 5.00. The zero-order valence-electron chi connectivity index (χ0n) is 12.4. The smallest absolute Gasteiger partial charge is 0.313 e. The number of aromatic nitrogens is 3. The number of nitrogens with zero attached hydrogens (tertiary/aromatic N) is 3. The van der Waals surface area contributed by atoms with Crippen molar-refractivity contribution < 1.29 is 9.90 Å². The molecule has 0 unspecified atom stereocenters. The predicted molar refractivity (Wildman–Crippen MR) is 79.0 cm³/mol. The molecule has 1 aromatic rings. The summed E-state index contributed by atoms with van der Waals surface area (Å²) in [6.45, 7) is 4.49. The first-order chi connectivity index (χ1) is 9.44. The Bertz CT molecular complexity index is 479. The minimum atomic E-state index is -0.822. The Balaban J connectivity index is 2.24. The van der Waals surface area contributed by atoms with Gasteiger partial charge in [0.1, 0.15) is 5.82 Å². The van der Waals surface area contributed by atoms with Gasteiger partial charge in [-0.2, -0.15) is 0 Å². The molecule has 5 nitrogen and oxygen atoms in total. The summed E-state index contributed by atoms with van der Waals surface area (Å²) in [4.78, 5) is 10.7. The van der Waals surface area contributed by atoms with Gasteiger partial charge in [-0.1, -0.05) is 38.5 Å². The highest BCUT2D eigenvalue weighted by atomic mass is 32.2. The molecule has 0 bridgehead atoms. The van der Waals surface area contributed by atoms with Crippen molar-refractivity contribution in [2.45, 2.75) is 56.5 Å². The van der Waals surface area contributed by atoms with Crippen LogP contribution in [0.25, 0.3) is 0 Å². The lowest BCUT2D eigenvalue weighted by Gasteiger charge is -2.29. The summed E-state index contributed by atoms with van der Waals surface area (Å²) < 4.78 is 2.00. The van der Waals surface area contributed by atoms with Crippen molar-refractivity contribution in [3.8, 4) is 0 Å². The number of carbonyl (C=O) groups is 1. The van der Waals surface area contributed by atoms with E-state index in [0.717, 1.165) is 12.2 Å². The molecule has 0 saturated heterocycles. The van der Waals surface area contributed by atoms with Crippen molar-refractivity contribution >= 4 is 17.7 Å². The van der Waals surface area contributed by atoms with Gasteiger partial charge in [0.15, 0.2) is 5.16 Å². The van der Waals surface area contributed by atoms with E-state index >= 15 is 0 Å². The lowest BCUT2D eigenvalue weighted by Crippen LogP contribution is -2.28. The molecule has 1 aliphatic carbocycles. The van der Waals surface area contributed by atoms with Crippen LogP contribution in [0.2, 0.25) is 0 Å². The summed E-state index contributed by atoms with van der Waals surface area (Å²) in [5.74, 6) is 0.872. The molecular weight excluding hydrogens is 274 g/mol. The van der Waals surface area contributed by atoms with Gasteiger partial charge in [0.05, 0.1) is 5.75 Å². The van der Waals surface area contributed by atoms with Crippen molar-refractivity contribution in [1.29, 1.82) is 0 Å². The molecular formula is C14H23N3O2S. The molecule has 1 aromatic heterocycles. The van der Waals surface area contributed by atoms with Crippen LogP contribution in [0, 0.1) is 5.92 Å². The van der Waals surface area contributed by atoms with Gasteiger partial charge < -0.3 is 9.67 Å². The van der Waals surface area contributed by atoms with Crippen molar-refractivity contribution in [3.05, 3.63) is 5.82 Å². The molecule has 6 heteroatoms. The molecule has 1 saturated carbocycles. The quantitative estimate of drug-likeness (QED) is 0.818. The van der Waals surface area contributed by atoms with Crippen LogP contribution in [-0.2, 0) is 17.3 Å². The second-order valence-electron chi connectivity index (χ2n) is 6.13. The van der Waals surface area contributed by atoms with Gasteiger partial charge in [-0.05, 0) is 25.2 Å². The largest absolute Gasteiger partial charge is 0.481 e. The minimum Gasteiger partial charge on any atom is -0.481 e. The molecule has 1 heterocycles. The molecule has 0 aromatic carbocycles. The van der Waals surface area contributed by atoms with Crippen LogP contribution in [0.4, 0.5) is 0 Å². The van der Waals surface area contributed by atoms with Crippen molar-refractivity contribution in [1.82, 2.24) is 14.8 Å². The Morgan fingerprint density at radius 1 is 1.40 bits per heavy atom. The lowest BCUT2D eigenvalue weighted by molar-refractivity contribution is -0.133. The number of hydrogen-bond donors (Lipinski definition) is 1. The highest BCUT2D eigenvalue weighted by Gasteiger charge is 2.40. The predicted octanol–water partition coefficient (Wildman–Crippen LogP) is 2.85. The Morgan fingerprint density at radius 3 is 2.60 bits per heavy atom. The van der Waals surface area contributed by atoms with Crippen LogP contribution < -0.4 is 0 Å². The Hall–Kier alpha value is -1.04. The number of aliphatic carboxylic acids is 1. The van der Waals surface area contributed by atoms with Gasteiger partial charge in [0.2, 0.25) is 0 Å². The maximum Gasteiger partial charge on any atom is 0.313 e. The van der Waals surface area contributed by atoms with Gasteiger partial charge in [-0.25, -0.2) is 0 Å². The standard InChI is InChI=1S/C14H23N3O2S/c1-10(2)8-14(6-4-5-7-14)12-15-16-13(17(12)3)20-9-11(18)19/h10H,4-9H2,1-3H3,(H,18,19). The average molecular weight is 297 g/mol. The fourth-order valence-corrected chi connectivity index (χ4v) is 4.01. The minimum absolute atomic E-state index is 0.0309. The summed E-state index contributed by atoms with van der Waals surface area (Å²) in [6, 6.07) is 0. The number of hydrogen-bond acceptors (Lipinski definition) is 4. The van der Waals surface area contributed by atoms with E-state index < -0.39 is 5.97 Å². The van der Waals surface area contributed by atoms with E-state index in [2.05, 4.69) is 24.0 Å². The first kappa shape index (κ1) is 15.4. The van der Waals surface area contributed by atoms with E-state index in [-0.39, 0.29) is 11.2 Å². The molecule has 0 radical (unpaired) electrons. The van der Waals surface area contributed by atoms with Gasteiger partial charge >= 0.3 is 5.97 Å². The maximum absolute atomic E-state index is 10.7. The Morgan fingerprint density at radius 2 is 2.05 bits per heavy atom. The SMILES string of the molecule is CC(C)CC1(c2nnc(SCC(=O)O)n2C)CCCC1. The fraction of sp³-hybridized carbons (Fsp3) is 0.786. The molecule has 1 N–H and O–H groups in total. The highest BCUT2D eigenvalue weighted by Crippen LogP contribution is 2.45. The van der Waals surface area contributed by atoms with Gasteiger partial charge in [0, 0.05) is 12.5 Å². The van der Waals surface area contributed by atoms with E-state index in [9.17, 15) is 4.79 Å². The Kier molecular flexibility index (Phi) is 4.73.